The molecule has 15 heteroatoms. The number of rotatable bonds is 41. The Labute approximate surface area is 357 Å². The van der Waals surface area contributed by atoms with Gasteiger partial charge in [-0.15, -0.1) is 0 Å². The number of fused-ring (bicyclic) bond motifs is 3. The predicted octanol–water partition coefficient (Wildman–Crippen LogP) is 5.59. The predicted molar refractivity (Wildman–Crippen MR) is 226 cm³/mol. The van der Waals surface area contributed by atoms with Crippen molar-refractivity contribution in [2.24, 2.45) is 0 Å². The molecule has 0 atom stereocenters. The number of carbonyl (C=O) groups is 2. The molecule has 1 aliphatic rings. The van der Waals surface area contributed by atoms with E-state index in [-0.39, 0.29) is 25.1 Å². The molecular weight excluding hydrogens is 778 g/mol. The number of amides is 1. The maximum absolute atomic E-state index is 12.3. The first-order chi connectivity index (χ1) is 29.7. The van der Waals surface area contributed by atoms with Crippen molar-refractivity contribution < 1.29 is 66.4 Å². The zero-order chi connectivity index (χ0) is 42.4. The Balaban J connectivity index is 0.928. The number of alkyl carbamates (subject to hydrolysis) is 1. The maximum atomic E-state index is 12.3. The Morgan fingerprint density at radius 1 is 0.450 bits per heavy atom. The molecule has 340 valence electrons. The van der Waals surface area contributed by atoms with E-state index in [9.17, 15) is 9.59 Å². The quantitative estimate of drug-likeness (QED) is 0.0652. The molecule has 0 saturated heterocycles. The molecule has 0 fully saturated rings. The Kier molecular flexibility index (Phi) is 31.0. The van der Waals surface area contributed by atoms with Crippen LogP contribution in [-0.4, -0.2) is 164 Å². The fraction of sp³-hybridized carbons (Fsp3) is 0.689. The monoisotopic (exact) mass is 849 g/mol. The molecule has 0 heterocycles. The number of unbranched alkanes of at least 4 members (excludes halogenated alkanes) is 4. The van der Waals surface area contributed by atoms with Gasteiger partial charge in [0, 0.05) is 18.9 Å². The standard InChI is InChI=1S/C45H71NO14/c1-2-3-4-5-6-15-44(47)59-37-36-58-35-34-57-33-32-56-31-30-55-29-28-54-27-26-53-25-24-52-23-22-51-21-20-50-19-18-49-17-16-46-45(48)60-38-43-41-13-9-7-11-39(41)40-12-8-10-14-42(40)43/h7-14,43H,2-6,15-38H2,1H3,(H,46,48). The summed E-state index contributed by atoms with van der Waals surface area (Å²) >= 11 is 0. The number of benzene rings is 2. The molecule has 1 amide bonds. The second-order valence-electron chi connectivity index (χ2n) is 13.8. The molecule has 3 rings (SSSR count). The fourth-order valence-corrected chi connectivity index (χ4v) is 6.12. The number of hydrogen-bond acceptors (Lipinski definition) is 14. The summed E-state index contributed by atoms with van der Waals surface area (Å²) in [6.07, 6.45) is 5.59. The van der Waals surface area contributed by atoms with Crippen molar-refractivity contribution in [2.45, 2.75) is 51.4 Å². The molecule has 0 radical (unpaired) electrons. The molecule has 60 heavy (non-hydrogen) atoms. The molecule has 2 aromatic carbocycles. The van der Waals surface area contributed by atoms with Crippen LogP contribution in [0.5, 0.6) is 0 Å². The van der Waals surface area contributed by atoms with Crippen LogP contribution in [0.25, 0.3) is 11.1 Å². The topological polar surface area (TPSA) is 157 Å². The Hall–Kier alpha value is -3.22. The van der Waals surface area contributed by atoms with Crippen molar-refractivity contribution in [3.8, 4) is 11.1 Å². The zero-order valence-corrected chi connectivity index (χ0v) is 35.9. The largest absolute Gasteiger partial charge is 0.463 e. The Morgan fingerprint density at radius 2 is 0.817 bits per heavy atom. The lowest BCUT2D eigenvalue weighted by molar-refractivity contribution is -0.145. The van der Waals surface area contributed by atoms with Crippen molar-refractivity contribution in [1.82, 2.24) is 5.32 Å². The third-order valence-corrected chi connectivity index (χ3v) is 9.18. The van der Waals surface area contributed by atoms with Crippen LogP contribution in [0, 0.1) is 0 Å². The average Bonchev–Trinajstić information content (AvgIpc) is 3.59. The van der Waals surface area contributed by atoms with Gasteiger partial charge in [-0.3, -0.25) is 4.79 Å². The molecule has 0 unspecified atom stereocenters. The molecule has 0 saturated carbocycles. The van der Waals surface area contributed by atoms with E-state index in [1.165, 1.54) is 41.5 Å². The van der Waals surface area contributed by atoms with Gasteiger partial charge in [0.05, 0.1) is 132 Å². The van der Waals surface area contributed by atoms with E-state index in [2.05, 4.69) is 36.5 Å². The van der Waals surface area contributed by atoms with E-state index in [1.54, 1.807) is 0 Å². The first-order valence-electron chi connectivity index (χ1n) is 21.7. The van der Waals surface area contributed by atoms with Gasteiger partial charge in [0.25, 0.3) is 0 Å². The van der Waals surface area contributed by atoms with Crippen molar-refractivity contribution in [1.29, 1.82) is 0 Å². The maximum Gasteiger partial charge on any atom is 0.407 e. The minimum atomic E-state index is -0.455. The number of esters is 1. The minimum Gasteiger partial charge on any atom is -0.463 e. The molecule has 0 bridgehead atoms. The number of nitrogens with one attached hydrogen (secondary N) is 1. The summed E-state index contributed by atoms with van der Waals surface area (Å²) in [4.78, 5) is 23.9. The van der Waals surface area contributed by atoms with Crippen molar-refractivity contribution >= 4 is 12.1 Å². The van der Waals surface area contributed by atoms with Crippen LogP contribution in [0.3, 0.4) is 0 Å². The molecule has 0 aromatic heterocycles. The van der Waals surface area contributed by atoms with Crippen molar-refractivity contribution in [3.05, 3.63) is 59.7 Å². The highest BCUT2D eigenvalue weighted by Crippen LogP contribution is 2.44. The minimum absolute atomic E-state index is 0.0334. The highest BCUT2D eigenvalue weighted by molar-refractivity contribution is 5.79. The van der Waals surface area contributed by atoms with Crippen LogP contribution in [-0.2, 0) is 61.6 Å². The Morgan fingerprint density at radius 3 is 1.23 bits per heavy atom. The van der Waals surface area contributed by atoms with Gasteiger partial charge < -0.3 is 62.2 Å². The van der Waals surface area contributed by atoms with Crippen molar-refractivity contribution in [2.75, 3.05) is 152 Å². The van der Waals surface area contributed by atoms with Gasteiger partial charge in [-0.25, -0.2) is 4.79 Å². The second kappa shape index (κ2) is 36.4. The lowest BCUT2D eigenvalue weighted by atomic mass is 9.98. The molecule has 15 nitrogen and oxygen atoms in total. The average molecular weight is 850 g/mol. The molecule has 1 aliphatic carbocycles. The molecule has 0 aliphatic heterocycles. The van der Waals surface area contributed by atoms with Crippen LogP contribution in [0.15, 0.2) is 48.5 Å². The van der Waals surface area contributed by atoms with Gasteiger partial charge in [-0.2, -0.15) is 0 Å². The molecular formula is C45H71NO14. The third-order valence-electron chi connectivity index (χ3n) is 9.18. The van der Waals surface area contributed by atoms with E-state index in [4.69, 9.17) is 56.8 Å². The van der Waals surface area contributed by atoms with Crippen molar-refractivity contribution in [3.63, 3.8) is 0 Å². The van der Waals surface area contributed by atoms with Crippen LogP contribution in [0.2, 0.25) is 0 Å². The molecule has 1 N–H and O–H groups in total. The smallest absolute Gasteiger partial charge is 0.407 e. The first-order valence-corrected chi connectivity index (χ1v) is 21.7. The summed E-state index contributed by atoms with van der Waals surface area (Å²) in [6, 6.07) is 16.5. The van der Waals surface area contributed by atoms with E-state index < -0.39 is 6.09 Å². The highest BCUT2D eigenvalue weighted by atomic mass is 16.6. The van der Waals surface area contributed by atoms with Crippen LogP contribution in [0.1, 0.15) is 62.5 Å². The van der Waals surface area contributed by atoms with Gasteiger partial charge in [0.15, 0.2) is 0 Å². The lowest BCUT2D eigenvalue weighted by Gasteiger charge is -2.14. The summed E-state index contributed by atoms with van der Waals surface area (Å²) in [5, 5.41) is 2.74. The SMILES string of the molecule is CCCCCCCC(=O)OCCOCCOCCOCCOCCOCCOCCOCCOCCOCCOCCNC(=O)OCC1c2ccccc2-c2ccccc21. The van der Waals surface area contributed by atoms with Gasteiger partial charge in [-0.05, 0) is 28.7 Å². The molecule has 0 spiro atoms. The van der Waals surface area contributed by atoms with E-state index in [0.29, 0.717) is 145 Å². The van der Waals surface area contributed by atoms with Crippen LogP contribution in [0.4, 0.5) is 4.79 Å². The van der Waals surface area contributed by atoms with Crippen LogP contribution < -0.4 is 5.32 Å². The summed E-state index contributed by atoms with van der Waals surface area (Å²) < 4.78 is 65.7. The van der Waals surface area contributed by atoms with E-state index >= 15 is 0 Å². The third kappa shape index (κ3) is 24.9. The summed E-state index contributed by atoms with van der Waals surface area (Å²) in [5.41, 5.74) is 4.76. The van der Waals surface area contributed by atoms with Gasteiger partial charge in [0.1, 0.15) is 13.2 Å². The second-order valence-corrected chi connectivity index (χ2v) is 13.8. The summed E-state index contributed by atoms with van der Waals surface area (Å²) in [6.45, 7) is 12.3. The Bertz CT molecular complexity index is 1310. The summed E-state index contributed by atoms with van der Waals surface area (Å²) in [7, 11) is 0. The fourth-order valence-electron chi connectivity index (χ4n) is 6.12. The number of carbonyl (C=O) groups excluding carboxylic acids is 2. The lowest BCUT2D eigenvalue weighted by Crippen LogP contribution is -2.29. The highest BCUT2D eigenvalue weighted by Gasteiger charge is 2.29. The number of ether oxygens (including phenoxy) is 12. The zero-order valence-electron chi connectivity index (χ0n) is 35.9. The van der Waals surface area contributed by atoms with E-state index in [0.717, 1.165) is 12.8 Å². The number of hydrogen-bond donors (Lipinski definition) is 1. The van der Waals surface area contributed by atoms with Crippen LogP contribution >= 0.6 is 0 Å². The normalized spacial score (nSPS) is 12.1. The van der Waals surface area contributed by atoms with E-state index in [1.807, 2.05) is 24.3 Å². The first kappa shape index (κ1) is 51.1. The molecule has 2 aromatic rings. The summed E-state index contributed by atoms with van der Waals surface area (Å²) in [5.74, 6) is -0.119. The van der Waals surface area contributed by atoms with Gasteiger partial charge in [-0.1, -0.05) is 81.1 Å². The van der Waals surface area contributed by atoms with Gasteiger partial charge >= 0.3 is 12.1 Å². The van der Waals surface area contributed by atoms with Gasteiger partial charge in [0.2, 0.25) is 0 Å².